The minimum atomic E-state index is -0.448. The molecule has 0 spiro atoms. The van der Waals surface area contributed by atoms with Crippen LogP contribution in [0.15, 0.2) is 24.3 Å². The number of nitrogens with one attached hydrogen (secondary N) is 1. The maximum Gasteiger partial charge on any atom is 0.305 e. The third kappa shape index (κ3) is 3.56. The van der Waals surface area contributed by atoms with Gasteiger partial charge < -0.3 is 10.1 Å². The van der Waals surface area contributed by atoms with Crippen molar-refractivity contribution < 1.29 is 14.3 Å². The molecule has 5 heteroatoms. The van der Waals surface area contributed by atoms with Crippen LogP contribution in [0.25, 0.3) is 0 Å². The lowest BCUT2D eigenvalue weighted by Crippen LogP contribution is -2.49. The van der Waals surface area contributed by atoms with Crippen LogP contribution >= 0.6 is 11.6 Å². The third-order valence-corrected chi connectivity index (χ3v) is 4.32. The van der Waals surface area contributed by atoms with Gasteiger partial charge in [0.05, 0.1) is 12.5 Å². The number of hydrogen-bond acceptors (Lipinski definition) is 3. The van der Waals surface area contributed by atoms with Crippen molar-refractivity contribution in [1.29, 1.82) is 0 Å². The molecule has 0 saturated heterocycles. The fraction of sp³-hybridized carbons (Fsp3) is 0.500. The van der Waals surface area contributed by atoms with Crippen LogP contribution in [0.2, 0.25) is 5.02 Å². The summed E-state index contributed by atoms with van der Waals surface area (Å²) in [7, 11) is 1.36. The highest BCUT2D eigenvalue weighted by molar-refractivity contribution is 6.30. The fourth-order valence-corrected chi connectivity index (χ4v) is 2.86. The molecule has 4 nitrogen and oxygen atoms in total. The van der Waals surface area contributed by atoms with E-state index in [4.69, 9.17) is 11.6 Å². The summed E-state index contributed by atoms with van der Waals surface area (Å²) in [5.74, 6) is -0.224. The van der Waals surface area contributed by atoms with Crippen LogP contribution < -0.4 is 5.32 Å². The molecular weight excluding hydrogens is 290 g/mol. The molecule has 1 fully saturated rings. The number of carbonyl (C=O) groups excluding carboxylic acids is 2. The lowest BCUT2D eigenvalue weighted by molar-refractivity contribution is -0.141. The Bertz CT molecular complexity index is 526. The summed E-state index contributed by atoms with van der Waals surface area (Å²) in [5, 5.41) is 3.58. The summed E-state index contributed by atoms with van der Waals surface area (Å²) in [6.07, 6.45) is 3.64. The van der Waals surface area contributed by atoms with Crippen molar-refractivity contribution in [2.75, 3.05) is 13.7 Å². The molecule has 1 aliphatic rings. The van der Waals surface area contributed by atoms with E-state index in [1.165, 1.54) is 7.11 Å². The van der Waals surface area contributed by atoms with Crippen molar-refractivity contribution in [2.24, 2.45) is 0 Å². The SMILES string of the molecule is COC(=O)CCCNC(=O)C1(c2cccc(Cl)c2)CCC1. The van der Waals surface area contributed by atoms with Crippen LogP contribution in [-0.4, -0.2) is 25.5 Å². The second kappa shape index (κ2) is 6.94. The number of amides is 1. The number of methoxy groups -OCH3 is 1. The third-order valence-electron chi connectivity index (χ3n) is 4.09. The highest BCUT2D eigenvalue weighted by Gasteiger charge is 2.45. The zero-order valence-electron chi connectivity index (χ0n) is 12.2. The average molecular weight is 310 g/mol. The first-order valence-corrected chi connectivity index (χ1v) is 7.57. The van der Waals surface area contributed by atoms with Crippen LogP contribution in [0.4, 0.5) is 0 Å². The second-order valence-electron chi connectivity index (χ2n) is 5.38. The monoisotopic (exact) mass is 309 g/mol. The van der Waals surface area contributed by atoms with E-state index in [0.29, 0.717) is 24.4 Å². The number of halogens is 1. The molecule has 0 atom stereocenters. The molecule has 1 N–H and O–H groups in total. The quantitative estimate of drug-likeness (QED) is 0.649. The van der Waals surface area contributed by atoms with Crippen LogP contribution in [0.5, 0.6) is 0 Å². The van der Waals surface area contributed by atoms with Gasteiger partial charge in [0, 0.05) is 18.0 Å². The molecule has 0 aromatic heterocycles. The topological polar surface area (TPSA) is 55.4 Å². The zero-order chi connectivity index (χ0) is 15.3. The minimum Gasteiger partial charge on any atom is -0.469 e. The summed E-state index contributed by atoms with van der Waals surface area (Å²) >= 11 is 6.03. The van der Waals surface area contributed by atoms with E-state index < -0.39 is 5.41 Å². The Morgan fingerprint density at radius 1 is 1.38 bits per heavy atom. The molecule has 0 bridgehead atoms. The van der Waals surface area contributed by atoms with Crippen LogP contribution in [0.3, 0.4) is 0 Å². The Morgan fingerprint density at radius 3 is 2.71 bits per heavy atom. The first-order chi connectivity index (χ1) is 10.1. The number of benzene rings is 1. The maximum absolute atomic E-state index is 12.5. The summed E-state index contributed by atoms with van der Waals surface area (Å²) < 4.78 is 4.57. The van der Waals surface area contributed by atoms with Crippen LogP contribution in [0.1, 0.15) is 37.7 Å². The number of hydrogen-bond donors (Lipinski definition) is 1. The normalized spacial score (nSPS) is 15.9. The molecule has 0 radical (unpaired) electrons. The van der Waals surface area contributed by atoms with Crippen molar-refractivity contribution in [3.05, 3.63) is 34.9 Å². The van der Waals surface area contributed by atoms with Gasteiger partial charge >= 0.3 is 5.97 Å². The molecule has 1 saturated carbocycles. The standard InChI is InChI=1S/C16H20ClNO3/c1-21-14(19)7-3-10-18-15(20)16(8-4-9-16)12-5-2-6-13(17)11-12/h2,5-6,11H,3-4,7-10H2,1H3,(H,18,20). The van der Waals surface area contributed by atoms with Gasteiger partial charge in [0.1, 0.15) is 0 Å². The molecule has 2 rings (SSSR count). The van der Waals surface area contributed by atoms with E-state index in [1.807, 2.05) is 24.3 Å². The zero-order valence-corrected chi connectivity index (χ0v) is 12.9. The molecular formula is C16H20ClNO3. The van der Waals surface area contributed by atoms with E-state index in [9.17, 15) is 9.59 Å². The highest BCUT2D eigenvalue weighted by atomic mass is 35.5. The molecule has 0 heterocycles. The predicted octanol–water partition coefficient (Wildman–Crippen LogP) is 2.83. The first kappa shape index (κ1) is 15.8. The van der Waals surface area contributed by atoms with Gasteiger partial charge in [-0.25, -0.2) is 0 Å². The summed E-state index contributed by atoms with van der Waals surface area (Å²) in [6.45, 7) is 0.482. The van der Waals surface area contributed by atoms with Crippen molar-refractivity contribution in [2.45, 2.75) is 37.5 Å². The second-order valence-corrected chi connectivity index (χ2v) is 5.82. The summed E-state index contributed by atoms with van der Waals surface area (Å²) in [4.78, 5) is 23.5. The number of carbonyl (C=O) groups is 2. The Kier molecular flexibility index (Phi) is 5.23. The van der Waals surface area contributed by atoms with Gasteiger partial charge in [0.25, 0.3) is 0 Å². The van der Waals surface area contributed by atoms with Crippen LogP contribution in [-0.2, 0) is 19.7 Å². The van der Waals surface area contributed by atoms with Gasteiger partial charge in [-0.2, -0.15) is 0 Å². The van der Waals surface area contributed by atoms with E-state index in [-0.39, 0.29) is 11.9 Å². The number of esters is 1. The van der Waals surface area contributed by atoms with Crippen molar-refractivity contribution >= 4 is 23.5 Å². The first-order valence-electron chi connectivity index (χ1n) is 7.20. The summed E-state index contributed by atoms with van der Waals surface area (Å²) in [6, 6.07) is 7.52. The molecule has 1 aliphatic carbocycles. The Hall–Kier alpha value is -1.55. The minimum absolute atomic E-state index is 0.0286. The lowest BCUT2D eigenvalue weighted by Gasteiger charge is -2.40. The summed E-state index contributed by atoms with van der Waals surface area (Å²) in [5.41, 5.74) is 0.530. The highest BCUT2D eigenvalue weighted by Crippen LogP contribution is 2.44. The maximum atomic E-state index is 12.5. The predicted molar refractivity (Wildman–Crippen MR) is 81.2 cm³/mol. The van der Waals surface area contributed by atoms with E-state index in [0.717, 1.165) is 24.8 Å². The van der Waals surface area contributed by atoms with Gasteiger partial charge in [-0.15, -0.1) is 0 Å². The van der Waals surface area contributed by atoms with E-state index in [1.54, 1.807) is 0 Å². The fourth-order valence-electron chi connectivity index (χ4n) is 2.67. The molecule has 21 heavy (non-hydrogen) atoms. The smallest absolute Gasteiger partial charge is 0.305 e. The molecule has 1 aromatic carbocycles. The lowest BCUT2D eigenvalue weighted by atomic mass is 9.64. The number of ether oxygens (including phenoxy) is 1. The average Bonchev–Trinajstić information content (AvgIpc) is 2.42. The largest absolute Gasteiger partial charge is 0.469 e. The van der Waals surface area contributed by atoms with Crippen LogP contribution in [0, 0.1) is 0 Å². The Balaban J connectivity index is 1.94. The number of rotatable bonds is 6. The molecule has 114 valence electrons. The van der Waals surface area contributed by atoms with Gasteiger partial charge in [0.2, 0.25) is 5.91 Å². The van der Waals surface area contributed by atoms with E-state index in [2.05, 4.69) is 10.1 Å². The molecule has 1 amide bonds. The van der Waals surface area contributed by atoms with E-state index >= 15 is 0 Å². The van der Waals surface area contributed by atoms with Crippen molar-refractivity contribution in [3.8, 4) is 0 Å². The molecule has 0 unspecified atom stereocenters. The van der Waals surface area contributed by atoms with Crippen molar-refractivity contribution in [1.82, 2.24) is 5.32 Å². The molecule has 1 aromatic rings. The van der Waals surface area contributed by atoms with Gasteiger partial charge in [-0.1, -0.05) is 30.2 Å². The molecule has 0 aliphatic heterocycles. The Labute approximate surface area is 129 Å². The van der Waals surface area contributed by atoms with Gasteiger partial charge in [-0.05, 0) is 37.0 Å². The van der Waals surface area contributed by atoms with Gasteiger partial charge in [0.15, 0.2) is 0 Å². The van der Waals surface area contributed by atoms with Gasteiger partial charge in [-0.3, -0.25) is 9.59 Å². The Morgan fingerprint density at radius 2 is 2.14 bits per heavy atom. The van der Waals surface area contributed by atoms with Crippen molar-refractivity contribution in [3.63, 3.8) is 0 Å².